The zero-order chi connectivity index (χ0) is 10.2. The van der Waals surface area contributed by atoms with Gasteiger partial charge in [-0.1, -0.05) is 13.8 Å². The Kier molecular flexibility index (Phi) is 2.31. The average Bonchev–Trinajstić information content (AvgIpc) is 2.01. The summed E-state index contributed by atoms with van der Waals surface area (Å²) in [5.74, 6) is 0. The summed E-state index contributed by atoms with van der Waals surface area (Å²) in [5.41, 5.74) is 0.623. The van der Waals surface area contributed by atoms with Crippen molar-refractivity contribution in [2.45, 2.75) is 64.1 Å². The maximum atomic E-state index is 8.65. The van der Waals surface area contributed by atoms with Crippen molar-refractivity contribution in [3.05, 3.63) is 0 Å². The second-order valence-electron chi connectivity index (χ2n) is 5.70. The van der Waals surface area contributed by atoms with E-state index in [9.17, 15) is 0 Å². The van der Waals surface area contributed by atoms with E-state index < -0.39 is 0 Å². The van der Waals surface area contributed by atoms with Crippen molar-refractivity contribution in [1.82, 2.24) is 0 Å². The van der Waals surface area contributed by atoms with E-state index in [1.54, 1.807) is 0 Å². The molecular weight excluding hydrogens is 174 g/mol. The Bertz CT molecular complexity index is 256. The molecule has 2 nitrogen and oxygen atoms in total. The monoisotopic (exact) mass is 193 g/mol. The molecule has 0 N–H and O–H groups in total. The van der Waals surface area contributed by atoms with Crippen LogP contribution in [0.4, 0.5) is 0 Å². The number of nitrogens with zero attached hydrogens (tertiary/aromatic N) is 1. The summed E-state index contributed by atoms with van der Waals surface area (Å²) in [6, 6.07) is 2.22. The van der Waals surface area contributed by atoms with E-state index in [1.807, 2.05) is 0 Å². The molecule has 1 aliphatic heterocycles. The minimum absolute atomic E-state index is 0.156. The zero-order valence-electron chi connectivity index (χ0n) is 9.18. The van der Waals surface area contributed by atoms with Gasteiger partial charge in [0.05, 0.1) is 24.2 Å². The Balaban J connectivity index is 1.93. The van der Waals surface area contributed by atoms with Crippen LogP contribution < -0.4 is 0 Å². The summed E-state index contributed by atoms with van der Waals surface area (Å²) >= 11 is 0. The number of nitriles is 1. The van der Waals surface area contributed by atoms with Crippen molar-refractivity contribution in [3.63, 3.8) is 0 Å². The lowest BCUT2D eigenvalue weighted by atomic mass is 9.59. The molecule has 0 bridgehead atoms. The molecule has 1 spiro atoms. The molecule has 0 radical (unpaired) electrons. The van der Waals surface area contributed by atoms with E-state index in [0.29, 0.717) is 11.8 Å². The van der Waals surface area contributed by atoms with Crippen molar-refractivity contribution in [2.24, 2.45) is 5.41 Å². The smallest absolute Gasteiger partial charge is 0.0712 e. The highest BCUT2D eigenvalue weighted by molar-refractivity contribution is 5.03. The average molecular weight is 193 g/mol. The van der Waals surface area contributed by atoms with Crippen LogP contribution in [0, 0.1) is 16.7 Å². The van der Waals surface area contributed by atoms with E-state index in [4.69, 9.17) is 10.00 Å². The van der Waals surface area contributed by atoms with Crippen LogP contribution in [0.1, 0.15) is 52.4 Å². The summed E-state index contributed by atoms with van der Waals surface area (Å²) in [6.45, 7) is 4.60. The third-order valence-electron chi connectivity index (χ3n) is 3.50. The topological polar surface area (TPSA) is 33.0 Å². The van der Waals surface area contributed by atoms with E-state index in [1.165, 1.54) is 25.7 Å². The molecule has 2 rings (SSSR count). The van der Waals surface area contributed by atoms with Crippen molar-refractivity contribution in [3.8, 4) is 6.07 Å². The number of ether oxygens (including phenoxy) is 1. The van der Waals surface area contributed by atoms with Crippen LogP contribution in [0.25, 0.3) is 0 Å². The second kappa shape index (κ2) is 3.24. The van der Waals surface area contributed by atoms with Gasteiger partial charge in [0.25, 0.3) is 0 Å². The molecule has 2 heteroatoms. The Labute approximate surface area is 86.2 Å². The molecule has 2 aliphatic rings. The molecular formula is C12H19NO. The predicted octanol–water partition coefficient (Wildman–Crippen LogP) is 3.03. The number of rotatable bonds is 1. The largest absolute Gasteiger partial charge is 0.371 e. The number of hydrogen-bond donors (Lipinski definition) is 0. The zero-order valence-corrected chi connectivity index (χ0v) is 9.18. The second-order valence-corrected chi connectivity index (χ2v) is 5.70. The molecule has 2 fully saturated rings. The van der Waals surface area contributed by atoms with Crippen LogP contribution in [0.5, 0.6) is 0 Å². The maximum Gasteiger partial charge on any atom is 0.0712 e. The van der Waals surface area contributed by atoms with Gasteiger partial charge in [0, 0.05) is 0 Å². The summed E-state index contributed by atoms with van der Waals surface area (Å²) < 4.78 is 6.06. The fourth-order valence-corrected chi connectivity index (χ4v) is 3.32. The number of hydrogen-bond acceptors (Lipinski definition) is 2. The molecule has 1 unspecified atom stereocenters. The van der Waals surface area contributed by atoms with Crippen LogP contribution in [-0.4, -0.2) is 11.7 Å². The lowest BCUT2D eigenvalue weighted by Crippen LogP contribution is -2.54. The van der Waals surface area contributed by atoms with Crippen LogP contribution in [-0.2, 0) is 4.74 Å². The summed E-state index contributed by atoms with van der Waals surface area (Å²) in [6.07, 6.45) is 6.67. The van der Waals surface area contributed by atoms with E-state index in [2.05, 4.69) is 19.9 Å². The van der Waals surface area contributed by atoms with Gasteiger partial charge in [0.2, 0.25) is 0 Å². The molecule has 14 heavy (non-hydrogen) atoms. The predicted molar refractivity (Wildman–Crippen MR) is 54.7 cm³/mol. The highest BCUT2D eigenvalue weighted by Gasteiger charge is 2.52. The Morgan fingerprint density at radius 2 is 2.14 bits per heavy atom. The van der Waals surface area contributed by atoms with Gasteiger partial charge in [-0.3, -0.25) is 0 Å². The van der Waals surface area contributed by atoms with Gasteiger partial charge in [-0.15, -0.1) is 0 Å². The quantitative estimate of drug-likeness (QED) is 0.641. The molecule has 1 atom stereocenters. The van der Waals surface area contributed by atoms with Gasteiger partial charge in [0.15, 0.2) is 0 Å². The van der Waals surface area contributed by atoms with Crippen molar-refractivity contribution in [1.29, 1.82) is 5.26 Å². The fourth-order valence-electron chi connectivity index (χ4n) is 3.32. The molecule has 0 aromatic rings. The fraction of sp³-hybridized carbons (Fsp3) is 0.917. The summed E-state index contributed by atoms with van der Waals surface area (Å²) in [4.78, 5) is 0. The highest BCUT2D eigenvalue weighted by Crippen LogP contribution is 2.54. The molecule has 1 heterocycles. The van der Waals surface area contributed by atoms with Gasteiger partial charge in [-0.2, -0.15) is 5.26 Å². The van der Waals surface area contributed by atoms with Gasteiger partial charge < -0.3 is 4.74 Å². The lowest BCUT2D eigenvalue weighted by Gasteiger charge is -2.56. The van der Waals surface area contributed by atoms with Crippen molar-refractivity contribution in [2.75, 3.05) is 0 Å². The minimum Gasteiger partial charge on any atom is -0.371 e. The molecule has 78 valence electrons. The summed E-state index contributed by atoms with van der Waals surface area (Å²) in [7, 11) is 0. The third kappa shape index (κ3) is 1.79. The van der Waals surface area contributed by atoms with Gasteiger partial charge in [0.1, 0.15) is 0 Å². The van der Waals surface area contributed by atoms with Crippen molar-refractivity contribution >= 4 is 0 Å². The van der Waals surface area contributed by atoms with E-state index in [-0.39, 0.29) is 11.7 Å². The van der Waals surface area contributed by atoms with E-state index in [0.717, 1.165) is 6.42 Å². The lowest BCUT2D eigenvalue weighted by molar-refractivity contribution is -0.209. The van der Waals surface area contributed by atoms with Crippen molar-refractivity contribution < 1.29 is 4.74 Å². The molecule has 1 saturated heterocycles. The third-order valence-corrected chi connectivity index (χ3v) is 3.50. The maximum absolute atomic E-state index is 8.65. The first-order chi connectivity index (χ1) is 6.55. The standard InChI is InChI=1S/C12H19NO/c1-11(2)8-12(9-11)6-3-4-10(14-12)5-7-13/h10H,3-6,8-9H2,1-2H3. The first-order valence-corrected chi connectivity index (χ1v) is 5.60. The van der Waals surface area contributed by atoms with Gasteiger partial charge >= 0.3 is 0 Å². The molecule has 0 aromatic carbocycles. The minimum atomic E-state index is 0.156. The van der Waals surface area contributed by atoms with Crippen LogP contribution in [0.15, 0.2) is 0 Å². The van der Waals surface area contributed by atoms with Crippen LogP contribution in [0.3, 0.4) is 0 Å². The molecule has 1 aliphatic carbocycles. The van der Waals surface area contributed by atoms with E-state index >= 15 is 0 Å². The molecule has 0 aromatic heterocycles. The molecule has 1 saturated carbocycles. The van der Waals surface area contributed by atoms with Crippen LogP contribution in [0.2, 0.25) is 0 Å². The van der Waals surface area contributed by atoms with Crippen LogP contribution >= 0.6 is 0 Å². The summed E-state index contributed by atoms with van der Waals surface area (Å²) in [5, 5.41) is 8.65. The van der Waals surface area contributed by atoms with Gasteiger partial charge in [-0.25, -0.2) is 0 Å². The SMILES string of the molecule is CC1(C)CC2(CCCC(CC#N)O2)C1. The van der Waals surface area contributed by atoms with Gasteiger partial charge in [-0.05, 0) is 37.5 Å². The normalized spacial score (nSPS) is 33.4. The molecule has 0 amide bonds. The first-order valence-electron chi connectivity index (χ1n) is 5.60. The Morgan fingerprint density at radius 3 is 2.71 bits per heavy atom. The first kappa shape index (κ1) is 9.98. The highest BCUT2D eigenvalue weighted by atomic mass is 16.5. The Morgan fingerprint density at radius 1 is 1.43 bits per heavy atom. The Hall–Kier alpha value is -0.550.